The number of hydrogen-bond acceptors (Lipinski definition) is 4. The second kappa shape index (κ2) is 3.84. The van der Waals surface area contributed by atoms with Crippen LogP contribution in [-0.4, -0.2) is 28.8 Å². The second-order valence-corrected chi connectivity index (χ2v) is 2.68. The van der Waals surface area contributed by atoms with Crippen LogP contribution in [0.3, 0.4) is 0 Å². The highest BCUT2D eigenvalue weighted by molar-refractivity contribution is 5.73. The molecule has 0 aromatic rings. The average molecular weight is 185 g/mol. The largest absolute Gasteiger partial charge is 0.506 e. The van der Waals surface area contributed by atoms with E-state index in [4.69, 9.17) is 9.84 Å². The van der Waals surface area contributed by atoms with Gasteiger partial charge in [-0.15, -0.1) is 0 Å². The molecule has 5 heteroatoms. The Bertz CT molecular complexity index is 269. The van der Waals surface area contributed by atoms with Gasteiger partial charge in [0.1, 0.15) is 18.4 Å². The molecule has 0 amide bonds. The first-order valence-electron chi connectivity index (χ1n) is 3.81. The molecule has 0 aromatic carbocycles. The summed E-state index contributed by atoms with van der Waals surface area (Å²) in [6.45, 7) is 1.65. The minimum atomic E-state index is -0.977. The standard InChI is InChI=1S/C8H11NO4/c1-5(8(11)12)9-6-4-13-3-2-7(6)10/h2-3,5,9-10H,4H2,1H3,(H,11,12)/t5-/m0/s1. The first-order valence-corrected chi connectivity index (χ1v) is 3.81. The van der Waals surface area contributed by atoms with Crippen LogP contribution in [0.1, 0.15) is 6.92 Å². The molecule has 0 bridgehead atoms. The smallest absolute Gasteiger partial charge is 0.325 e. The van der Waals surface area contributed by atoms with E-state index in [2.05, 4.69) is 5.32 Å². The van der Waals surface area contributed by atoms with Crippen LogP contribution in [0, 0.1) is 0 Å². The molecule has 1 aliphatic rings. The predicted molar refractivity (Wildman–Crippen MR) is 45.0 cm³/mol. The molecule has 0 saturated carbocycles. The lowest BCUT2D eigenvalue weighted by Crippen LogP contribution is -2.35. The summed E-state index contributed by atoms with van der Waals surface area (Å²) in [5.41, 5.74) is 0.386. The van der Waals surface area contributed by atoms with Crippen LogP contribution in [0.15, 0.2) is 23.8 Å². The monoisotopic (exact) mass is 185 g/mol. The summed E-state index contributed by atoms with van der Waals surface area (Å²) in [7, 11) is 0. The van der Waals surface area contributed by atoms with Gasteiger partial charge >= 0.3 is 5.97 Å². The van der Waals surface area contributed by atoms with E-state index in [1.807, 2.05) is 0 Å². The van der Waals surface area contributed by atoms with Gasteiger partial charge in [-0.3, -0.25) is 4.79 Å². The lowest BCUT2D eigenvalue weighted by Gasteiger charge is -2.17. The zero-order valence-electron chi connectivity index (χ0n) is 7.15. The Hall–Kier alpha value is -1.65. The Labute approximate surface area is 75.3 Å². The summed E-state index contributed by atoms with van der Waals surface area (Å²) in [5, 5.41) is 20.5. The van der Waals surface area contributed by atoms with Crippen molar-refractivity contribution in [3.8, 4) is 0 Å². The first kappa shape index (κ1) is 9.44. The minimum Gasteiger partial charge on any atom is -0.506 e. The molecule has 0 aromatic heterocycles. The highest BCUT2D eigenvalue weighted by atomic mass is 16.5. The Kier molecular flexibility index (Phi) is 2.79. The number of carbonyl (C=O) groups is 1. The number of carboxylic acids is 1. The Morgan fingerprint density at radius 3 is 3.00 bits per heavy atom. The van der Waals surface area contributed by atoms with Gasteiger partial charge in [-0.25, -0.2) is 0 Å². The molecule has 0 radical (unpaired) electrons. The van der Waals surface area contributed by atoms with Crippen molar-refractivity contribution in [2.75, 3.05) is 6.61 Å². The van der Waals surface area contributed by atoms with Crippen LogP contribution in [0.5, 0.6) is 0 Å². The molecule has 0 fully saturated rings. The van der Waals surface area contributed by atoms with Crippen molar-refractivity contribution in [1.82, 2.24) is 5.32 Å². The molecule has 3 N–H and O–H groups in total. The fourth-order valence-electron chi connectivity index (χ4n) is 0.857. The maximum Gasteiger partial charge on any atom is 0.325 e. The van der Waals surface area contributed by atoms with Crippen LogP contribution in [0.4, 0.5) is 0 Å². The van der Waals surface area contributed by atoms with Crippen molar-refractivity contribution < 1.29 is 19.7 Å². The third-order valence-corrected chi connectivity index (χ3v) is 1.62. The lowest BCUT2D eigenvalue weighted by molar-refractivity contribution is -0.138. The summed E-state index contributed by atoms with van der Waals surface area (Å²) in [5.74, 6) is -0.964. The fraction of sp³-hybridized carbons (Fsp3) is 0.375. The van der Waals surface area contributed by atoms with Crippen molar-refractivity contribution in [2.45, 2.75) is 13.0 Å². The van der Waals surface area contributed by atoms with Crippen LogP contribution >= 0.6 is 0 Å². The summed E-state index contributed by atoms with van der Waals surface area (Å²) >= 11 is 0. The van der Waals surface area contributed by atoms with Gasteiger partial charge in [0.05, 0.1) is 12.0 Å². The van der Waals surface area contributed by atoms with E-state index in [0.29, 0.717) is 5.70 Å². The molecule has 1 rings (SSSR count). The van der Waals surface area contributed by atoms with Gasteiger partial charge in [0, 0.05) is 6.08 Å². The fourth-order valence-corrected chi connectivity index (χ4v) is 0.857. The van der Waals surface area contributed by atoms with Crippen molar-refractivity contribution in [3.05, 3.63) is 23.8 Å². The van der Waals surface area contributed by atoms with Gasteiger partial charge < -0.3 is 20.3 Å². The van der Waals surface area contributed by atoms with Gasteiger partial charge in [0.25, 0.3) is 0 Å². The Balaban J connectivity index is 2.62. The molecule has 13 heavy (non-hydrogen) atoms. The third-order valence-electron chi connectivity index (χ3n) is 1.62. The van der Waals surface area contributed by atoms with E-state index in [1.54, 1.807) is 0 Å². The third kappa shape index (κ3) is 2.40. The molecule has 72 valence electrons. The molecular weight excluding hydrogens is 174 g/mol. The van der Waals surface area contributed by atoms with Crippen molar-refractivity contribution in [2.24, 2.45) is 0 Å². The molecule has 0 unspecified atom stereocenters. The molecule has 5 nitrogen and oxygen atoms in total. The van der Waals surface area contributed by atoms with Crippen molar-refractivity contribution >= 4 is 5.97 Å². The van der Waals surface area contributed by atoms with Crippen molar-refractivity contribution in [1.29, 1.82) is 0 Å². The number of rotatable bonds is 3. The lowest BCUT2D eigenvalue weighted by atomic mass is 10.2. The number of aliphatic hydroxyl groups is 1. The molecule has 0 aliphatic carbocycles. The highest BCUT2D eigenvalue weighted by Crippen LogP contribution is 2.07. The topological polar surface area (TPSA) is 78.8 Å². The van der Waals surface area contributed by atoms with Crippen LogP contribution in [0.2, 0.25) is 0 Å². The Morgan fingerprint density at radius 1 is 1.77 bits per heavy atom. The quantitative estimate of drug-likeness (QED) is 0.591. The minimum absolute atomic E-state index is 0.0133. The van der Waals surface area contributed by atoms with Gasteiger partial charge in [0.15, 0.2) is 0 Å². The second-order valence-electron chi connectivity index (χ2n) is 2.68. The summed E-state index contributed by atoms with van der Waals surface area (Å²) in [6.07, 6.45) is 2.71. The highest BCUT2D eigenvalue weighted by Gasteiger charge is 2.15. The zero-order valence-corrected chi connectivity index (χ0v) is 7.15. The van der Waals surface area contributed by atoms with Crippen LogP contribution in [-0.2, 0) is 9.53 Å². The van der Waals surface area contributed by atoms with Crippen LogP contribution in [0.25, 0.3) is 0 Å². The molecule has 1 heterocycles. The number of hydrogen-bond donors (Lipinski definition) is 3. The van der Waals surface area contributed by atoms with Gasteiger partial charge in [-0.05, 0) is 6.92 Å². The zero-order chi connectivity index (χ0) is 9.84. The first-order chi connectivity index (χ1) is 6.11. The number of aliphatic hydroxyl groups excluding tert-OH is 1. The van der Waals surface area contributed by atoms with Crippen molar-refractivity contribution in [3.63, 3.8) is 0 Å². The molecule has 1 aliphatic heterocycles. The normalized spacial score (nSPS) is 17.9. The summed E-state index contributed by atoms with van der Waals surface area (Å²) in [6, 6.07) is -0.743. The summed E-state index contributed by atoms with van der Waals surface area (Å²) < 4.78 is 4.88. The van der Waals surface area contributed by atoms with Gasteiger partial charge in [-0.2, -0.15) is 0 Å². The van der Waals surface area contributed by atoms with E-state index in [0.717, 1.165) is 0 Å². The number of ether oxygens (including phenoxy) is 1. The number of aliphatic carboxylic acids is 1. The van der Waals surface area contributed by atoms with Gasteiger partial charge in [0.2, 0.25) is 0 Å². The Morgan fingerprint density at radius 2 is 2.46 bits per heavy atom. The van der Waals surface area contributed by atoms with E-state index < -0.39 is 12.0 Å². The van der Waals surface area contributed by atoms with E-state index >= 15 is 0 Å². The number of nitrogens with one attached hydrogen (secondary N) is 1. The summed E-state index contributed by atoms with van der Waals surface area (Å²) in [4.78, 5) is 10.5. The predicted octanol–water partition coefficient (Wildman–Crippen LogP) is 0.363. The van der Waals surface area contributed by atoms with Gasteiger partial charge in [-0.1, -0.05) is 0 Å². The SMILES string of the molecule is C[C@H](NC1=C(O)C=COC1)C(=O)O. The maximum absolute atomic E-state index is 10.5. The number of allylic oxidation sites excluding steroid dienone is 1. The van der Waals surface area contributed by atoms with Crippen LogP contribution < -0.4 is 5.32 Å². The van der Waals surface area contributed by atoms with E-state index in [1.165, 1.54) is 19.3 Å². The molecular formula is C8H11NO4. The number of carboxylic acid groups (broad SMARTS) is 1. The maximum atomic E-state index is 10.5. The molecule has 0 spiro atoms. The van der Waals surface area contributed by atoms with E-state index in [-0.39, 0.29) is 12.4 Å². The molecule has 0 saturated heterocycles. The average Bonchev–Trinajstić information content (AvgIpc) is 2.08. The molecule has 1 atom stereocenters. The van der Waals surface area contributed by atoms with E-state index in [9.17, 15) is 9.90 Å².